The van der Waals surface area contributed by atoms with Gasteiger partial charge in [-0.25, -0.2) is 0 Å². The highest BCUT2D eigenvalue weighted by molar-refractivity contribution is 5.94. The van der Waals surface area contributed by atoms with Crippen LogP contribution in [0.15, 0.2) is 48.7 Å². The number of aromatic nitrogens is 1. The molecule has 2 rings (SSSR count). The molecule has 2 aromatic rings. The quantitative estimate of drug-likeness (QED) is 0.943. The fourth-order valence-corrected chi connectivity index (χ4v) is 1.61. The lowest BCUT2D eigenvalue weighted by Crippen LogP contribution is -2.23. The van der Waals surface area contributed by atoms with Gasteiger partial charge in [0.15, 0.2) is 0 Å². The number of nitrogens with zero attached hydrogens (tertiary/aromatic N) is 1. The Morgan fingerprint density at radius 2 is 2.00 bits per heavy atom. The van der Waals surface area contributed by atoms with Crippen LogP contribution in [0.4, 0.5) is 13.2 Å². The maximum Gasteiger partial charge on any atom is 0.573 e. The van der Waals surface area contributed by atoms with Crippen molar-refractivity contribution >= 4 is 5.91 Å². The lowest BCUT2D eigenvalue weighted by molar-refractivity contribution is -0.274. The topological polar surface area (TPSA) is 51.2 Å². The Kier molecular flexibility index (Phi) is 4.42. The monoisotopic (exact) mass is 296 g/mol. The molecule has 0 bridgehead atoms. The maximum absolute atomic E-state index is 12.1. The third kappa shape index (κ3) is 4.79. The Morgan fingerprint density at radius 1 is 1.19 bits per heavy atom. The predicted molar refractivity (Wildman–Crippen MR) is 68.5 cm³/mol. The van der Waals surface area contributed by atoms with Gasteiger partial charge in [0.1, 0.15) is 5.75 Å². The molecule has 0 aliphatic rings. The van der Waals surface area contributed by atoms with E-state index in [0.717, 1.165) is 12.1 Å². The predicted octanol–water partition coefficient (Wildman–Crippen LogP) is 2.91. The molecule has 0 aliphatic carbocycles. The molecule has 0 atom stereocenters. The van der Waals surface area contributed by atoms with Crippen molar-refractivity contribution in [2.75, 3.05) is 0 Å². The molecule has 4 nitrogen and oxygen atoms in total. The zero-order chi connectivity index (χ0) is 15.3. The summed E-state index contributed by atoms with van der Waals surface area (Å²) in [5.41, 5.74) is 0.723. The highest BCUT2D eigenvalue weighted by Crippen LogP contribution is 2.23. The largest absolute Gasteiger partial charge is 0.573 e. The number of alkyl halides is 3. The summed E-state index contributed by atoms with van der Waals surface area (Å²) in [6.45, 7) is 0.185. The number of hydrogen-bond donors (Lipinski definition) is 1. The van der Waals surface area contributed by atoms with Crippen LogP contribution in [0.2, 0.25) is 0 Å². The Hall–Kier alpha value is -2.57. The summed E-state index contributed by atoms with van der Waals surface area (Å²) in [5.74, 6) is -0.943. The van der Waals surface area contributed by atoms with Gasteiger partial charge in [0.25, 0.3) is 5.91 Å². The van der Waals surface area contributed by atoms with E-state index in [0.29, 0.717) is 5.69 Å². The molecule has 0 unspecified atom stereocenters. The van der Waals surface area contributed by atoms with E-state index in [1.807, 2.05) is 0 Å². The SMILES string of the molecule is O=C(NCc1ccccn1)c1cccc(OC(F)(F)F)c1. The number of hydrogen-bond acceptors (Lipinski definition) is 3. The first-order chi connectivity index (χ1) is 9.94. The van der Waals surface area contributed by atoms with E-state index in [4.69, 9.17) is 0 Å². The highest BCUT2D eigenvalue weighted by Gasteiger charge is 2.31. The third-order valence-corrected chi connectivity index (χ3v) is 2.49. The van der Waals surface area contributed by atoms with E-state index in [1.165, 1.54) is 12.1 Å². The molecular weight excluding hydrogens is 285 g/mol. The van der Waals surface area contributed by atoms with Crippen molar-refractivity contribution in [1.82, 2.24) is 10.3 Å². The summed E-state index contributed by atoms with van der Waals surface area (Å²) in [4.78, 5) is 15.9. The Bertz CT molecular complexity index is 615. The van der Waals surface area contributed by atoms with Gasteiger partial charge < -0.3 is 10.1 Å². The van der Waals surface area contributed by atoms with Gasteiger partial charge >= 0.3 is 6.36 Å². The minimum absolute atomic E-state index is 0.0766. The molecule has 21 heavy (non-hydrogen) atoms. The van der Waals surface area contributed by atoms with Crippen molar-refractivity contribution in [3.05, 3.63) is 59.9 Å². The van der Waals surface area contributed by atoms with Crippen molar-refractivity contribution < 1.29 is 22.7 Å². The van der Waals surface area contributed by atoms with E-state index in [-0.39, 0.29) is 12.1 Å². The van der Waals surface area contributed by atoms with Gasteiger partial charge in [0.05, 0.1) is 12.2 Å². The second kappa shape index (κ2) is 6.25. The average molecular weight is 296 g/mol. The number of amides is 1. The molecule has 1 aromatic heterocycles. The van der Waals surface area contributed by atoms with E-state index in [1.54, 1.807) is 24.4 Å². The van der Waals surface area contributed by atoms with Crippen molar-refractivity contribution in [3.63, 3.8) is 0 Å². The van der Waals surface area contributed by atoms with Crippen LogP contribution in [0.25, 0.3) is 0 Å². The van der Waals surface area contributed by atoms with Crippen LogP contribution in [0.5, 0.6) is 5.75 Å². The maximum atomic E-state index is 12.1. The van der Waals surface area contributed by atoms with Crippen LogP contribution in [-0.2, 0) is 6.54 Å². The second-order valence-corrected chi connectivity index (χ2v) is 4.08. The number of carbonyl (C=O) groups is 1. The molecule has 1 amide bonds. The molecule has 0 spiro atoms. The minimum atomic E-state index is -4.79. The summed E-state index contributed by atoms with van der Waals surface area (Å²) in [5, 5.41) is 2.57. The van der Waals surface area contributed by atoms with Gasteiger partial charge in [-0.1, -0.05) is 12.1 Å². The fraction of sp³-hybridized carbons (Fsp3) is 0.143. The first-order valence-electron chi connectivity index (χ1n) is 5.98. The van der Waals surface area contributed by atoms with E-state index < -0.39 is 18.0 Å². The number of ether oxygens (including phenoxy) is 1. The number of pyridine rings is 1. The molecule has 0 saturated heterocycles. The van der Waals surface area contributed by atoms with Gasteiger partial charge in [-0.05, 0) is 30.3 Å². The molecular formula is C14H11F3N2O2. The molecule has 1 heterocycles. The lowest BCUT2D eigenvalue weighted by Gasteiger charge is -2.10. The summed E-state index contributed by atoms with van der Waals surface area (Å²) < 4.78 is 40.1. The van der Waals surface area contributed by atoms with Gasteiger partial charge in [-0.2, -0.15) is 0 Å². The molecule has 110 valence electrons. The molecule has 1 N–H and O–H groups in total. The van der Waals surface area contributed by atoms with Crippen LogP contribution in [0, 0.1) is 0 Å². The van der Waals surface area contributed by atoms with Crippen molar-refractivity contribution in [2.45, 2.75) is 12.9 Å². The van der Waals surface area contributed by atoms with Gasteiger partial charge in [-0.3, -0.25) is 9.78 Å². The molecule has 7 heteroatoms. The zero-order valence-corrected chi connectivity index (χ0v) is 10.7. The van der Waals surface area contributed by atoms with Gasteiger partial charge in [-0.15, -0.1) is 13.2 Å². The first-order valence-corrected chi connectivity index (χ1v) is 5.98. The Morgan fingerprint density at radius 3 is 2.67 bits per heavy atom. The van der Waals surface area contributed by atoms with Crippen LogP contribution in [-0.4, -0.2) is 17.3 Å². The number of halogens is 3. The van der Waals surface area contributed by atoms with E-state index >= 15 is 0 Å². The Labute approximate surface area is 118 Å². The second-order valence-electron chi connectivity index (χ2n) is 4.08. The number of benzene rings is 1. The Balaban J connectivity index is 2.01. The summed E-state index contributed by atoms with van der Waals surface area (Å²) in [7, 11) is 0. The number of rotatable bonds is 4. The fourth-order valence-electron chi connectivity index (χ4n) is 1.61. The van der Waals surface area contributed by atoms with E-state index in [9.17, 15) is 18.0 Å². The third-order valence-electron chi connectivity index (χ3n) is 2.49. The summed E-state index contributed by atoms with van der Waals surface area (Å²) >= 11 is 0. The molecule has 0 saturated carbocycles. The van der Waals surface area contributed by atoms with Gasteiger partial charge in [0, 0.05) is 11.8 Å². The van der Waals surface area contributed by atoms with Crippen molar-refractivity contribution in [2.24, 2.45) is 0 Å². The van der Waals surface area contributed by atoms with Crippen LogP contribution in [0.3, 0.4) is 0 Å². The van der Waals surface area contributed by atoms with Crippen molar-refractivity contribution in [1.29, 1.82) is 0 Å². The average Bonchev–Trinajstić information content (AvgIpc) is 2.44. The standard InChI is InChI=1S/C14H11F3N2O2/c15-14(16,17)21-12-6-3-4-10(8-12)13(20)19-9-11-5-1-2-7-18-11/h1-8H,9H2,(H,19,20). The molecule has 0 radical (unpaired) electrons. The van der Waals surface area contributed by atoms with Crippen LogP contribution >= 0.6 is 0 Å². The normalized spacial score (nSPS) is 11.0. The van der Waals surface area contributed by atoms with Crippen LogP contribution in [0.1, 0.15) is 16.1 Å². The summed E-state index contributed by atoms with van der Waals surface area (Å²) in [6.07, 6.45) is -3.21. The van der Waals surface area contributed by atoms with Crippen molar-refractivity contribution in [3.8, 4) is 5.75 Å². The molecule has 1 aromatic carbocycles. The zero-order valence-electron chi connectivity index (χ0n) is 10.7. The van der Waals surface area contributed by atoms with Gasteiger partial charge in [0.2, 0.25) is 0 Å². The minimum Gasteiger partial charge on any atom is -0.406 e. The number of nitrogens with one attached hydrogen (secondary N) is 1. The van der Waals surface area contributed by atoms with Crippen LogP contribution < -0.4 is 10.1 Å². The molecule has 0 aliphatic heterocycles. The highest BCUT2D eigenvalue weighted by atomic mass is 19.4. The van der Waals surface area contributed by atoms with E-state index in [2.05, 4.69) is 15.0 Å². The lowest BCUT2D eigenvalue weighted by atomic mass is 10.2. The molecule has 0 fully saturated rings. The number of carbonyl (C=O) groups excluding carboxylic acids is 1. The smallest absolute Gasteiger partial charge is 0.406 e. The summed E-state index contributed by atoms with van der Waals surface area (Å²) in [6, 6.07) is 10.1. The first kappa shape index (κ1) is 14.8.